The second kappa shape index (κ2) is 8.43. The highest BCUT2D eigenvalue weighted by Gasteiger charge is 2.31. The number of ether oxygens (including phenoxy) is 1. The van der Waals surface area contributed by atoms with E-state index in [1.165, 1.54) is 5.41 Å². The number of methoxy groups -OCH3 is 1. The van der Waals surface area contributed by atoms with E-state index < -0.39 is 15.6 Å². The summed E-state index contributed by atoms with van der Waals surface area (Å²) in [6, 6.07) is 17.3. The standard InChI is InChI=1S/C20H25NO3S/c1-4-20(24-3,19-8-6-5-7-9-19)16-21-25(22,23)15-14-18-12-10-17(2)11-13-18/h5-15,21H,4,16H2,1-3H3/b15-14+. The number of hydrogen-bond acceptors (Lipinski definition) is 3. The van der Waals surface area contributed by atoms with Crippen molar-refractivity contribution in [3.8, 4) is 0 Å². The van der Waals surface area contributed by atoms with E-state index in [0.29, 0.717) is 6.42 Å². The molecule has 0 aliphatic carbocycles. The monoisotopic (exact) mass is 359 g/mol. The van der Waals surface area contributed by atoms with Gasteiger partial charge in [0, 0.05) is 19.1 Å². The molecule has 0 aliphatic heterocycles. The van der Waals surface area contributed by atoms with Gasteiger partial charge in [0.05, 0.1) is 0 Å². The van der Waals surface area contributed by atoms with E-state index in [0.717, 1.165) is 16.7 Å². The number of hydrogen-bond donors (Lipinski definition) is 1. The van der Waals surface area contributed by atoms with Crippen molar-refractivity contribution in [3.63, 3.8) is 0 Å². The lowest BCUT2D eigenvalue weighted by Gasteiger charge is -2.32. The molecule has 0 radical (unpaired) electrons. The van der Waals surface area contributed by atoms with E-state index in [-0.39, 0.29) is 6.54 Å². The second-order valence-corrected chi connectivity index (χ2v) is 7.65. The van der Waals surface area contributed by atoms with Crippen molar-refractivity contribution in [1.29, 1.82) is 0 Å². The summed E-state index contributed by atoms with van der Waals surface area (Å²) in [5.74, 6) is 0. The third kappa shape index (κ3) is 5.26. The summed E-state index contributed by atoms with van der Waals surface area (Å²) in [4.78, 5) is 0. The normalized spacial score (nSPS) is 14.5. The van der Waals surface area contributed by atoms with Gasteiger partial charge in [-0.2, -0.15) is 0 Å². The molecule has 0 saturated carbocycles. The van der Waals surface area contributed by atoms with Gasteiger partial charge in [0.15, 0.2) is 0 Å². The molecule has 0 amide bonds. The molecule has 0 saturated heterocycles. The summed E-state index contributed by atoms with van der Waals surface area (Å²) >= 11 is 0. The van der Waals surface area contributed by atoms with Crippen molar-refractivity contribution < 1.29 is 13.2 Å². The molecule has 134 valence electrons. The first-order chi connectivity index (χ1) is 11.9. The zero-order valence-corrected chi connectivity index (χ0v) is 15.7. The maximum absolute atomic E-state index is 12.3. The molecule has 0 heterocycles. The lowest BCUT2D eigenvalue weighted by molar-refractivity contribution is -0.0132. The fourth-order valence-corrected chi connectivity index (χ4v) is 3.49. The molecule has 2 aromatic rings. The number of nitrogens with one attached hydrogen (secondary N) is 1. The number of sulfonamides is 1. The number of rotatable bonds is 8. The molecule has 0 bridgehead atoms. The summed E-state index contributed by atoms with van der Waals surface area (Å²) in [5, 5.41) is 1.19. The van der Waals surface area contributed by atoms with Crippen molar-refractivity contribution in [2.45, 2.75) is 25.9 Å². The highest BCUT2D eigenvalue weighted by atomic mass is 32.2. The average Bonchev–Trinajstić information content (AvgIpc) is 2.63. The van der Waals surface area contributed by atoms with Crippen LogP contribution < -0.4 is 4.72 Å². The van der Waals surface area contributed by atoms with Gasteiger partial charge in [-0.15, -0.1) is 0 Å². The third-order valence-corrected chi connectivity index (χ3v) is 5.38. The van der Waals surface area contributed by atoms with E-state index in [1.807, 2.05) is 68.4 Å². The van der Waals surface area contributed by atoms with Gasteiger partial charge in [-0.1, -0.05) is 67.1 Å². The van der Waals surface area contributed by atoms with Gasteiger partial charge in [-0.05, 0) is 30.5 Å². The molecule has 5 heteroatoms. The molecule has 0 fully saturated rings. The molecule has 4 nitrogen and oxygen atoms in total. The lowest BCUT2D eigenvalue weighted by atomic mass is 9.91. The first-order valence-electron chi connectivity index (χ1n) is 8.26. The highest BCUT2D eigenvalue weighted by Crippen LogP contribution is 2.28. The Morgan fingerprint density at radius 3 is 2.28 bits per heavy atom. The summed E-state index contributed by atoms with van der Waals surface area (Å²) < 4.78 is 33.0. The minimum Gasteiger partial charge on any atom is -0.372 e. The van der Waals surface area contributed by atoms with E-state index in [2.05, 4.69) is 4.72 Å². The molecular weight excluding hydrogens is 334 g/mol. The number of benzene rings is 2. The van der Waals surface area contributed by atoms with Crippen molar-refractivity contribution >= 4 is 16.1 Å². The van der Waals surface area contributed by atoms with Crippen molar-refractivity contribution in [2.24, 2.45) is 0 Å². The Kier molecular flexibility index (Phi) is 6.53. The van der Waals surface area contributed by atoms with Crippen LogP contribution in [0.2, 0.25) is 0 Å². The zero-order chi connectivity index (χ0) is 18.3. The molecule has 0 aromatic heterocycles. The van der Waals surface area contributed by atoms with E-state index in [9.17, 15) is 8.42 Å². The van der Waals surface area contributed by atoms with Gasteiger partial charge < -0.3 is 4.74 Å². The van der Waals surface area contributed by atoms with E-state index in [1.54, 1.807) is 13.2 Å². The highest BCUT2D eigenvalue weighted by molar-refractivity contribution is 7.92. The van der Waals surface area contributed by atoms with Crippen LogP contribution >= 0.6 is 0 Å². The van der Waals surface area contributed by atoms with Crippen molar-refractivity contribution in [3.05, 3.63) is 76.7 Å². The summed E-state index contributed by atoms with van der Waals surface area (Å²) in [6.45, 7) is 4.14. The molecule has 0 spiro atoms. The smallest absolute Gasteiger partial charge is 0.233 e. The van der Waals surface area contributed by atoms with Crippen molar-refractivity contribution in [2.75, 3.05) is 13.7 Å². The second-order valence-electron chi connectivity index (χ2n) is 6.00. The minimum atomic E-state index is -3.56. The van der Waals surface area contributed by atoms with Crippen LogP contribution in [0.3, 0.4) is 0 Å². The van der Waals surface area contributed by atoms with Gasteiger partial charge >= 0.3 is 0 Å². The summed E-state index contributed by atoms with van der Waals surface area (Å²) in [6.07, 6.45) is 2.24. The van der Waals surface area contributed by atoms with Gasteiger partial charge in [0.25, 0.3) is 0 Å². The fraction of sp³-hybridized carbons (Fsp3) is 0.300. The maximum Gasteiger partial charge on any atom is 0.233 e. The van der Waals surface area contributed by atoms with Crippen LogP contribution in [0.25, 0.3) is 6.08 Å². The molecule has 1 N–H and O–H groups in total. The van der Waals surface area contributed by atoms with Gasteiger partial charge in [-0.3, -0.25) is 0 Å². The predicted octanol–water partition coefficient (Wildman–Crippen LogP) is 3.84. The summed E-state index contributed by atoms with van der Waals surface area (Å²) in [5.41, 5.74) is 2.23. The average molecular weight is 359 g/mol. The fourth-order valence-electron chi connectivity index (χ4n) is 2.62. The Balaban J connectivity index is 2.12. The quantitative estimate of drug-likeness (QED) is 0.779. The van der Waals surface area contributed by atoms with Crippen LogP contribution in [0.5, 0.6) is 0 Å². The van der Waals surface area contributed by atoms with Crippen LogP contribution in [0.1, 0.15) is 30.0 Å². The van der Waals surface area contributed by atoms with Crippen LogP contribution in [-0.2, 0) is 20.4 Å². The molecule has 2 aromatic carbocycles. The SMILES string of the molecule is CCC(CNS(=O)(=O)/C=C/c1ccc(C)cc1)(OC)c1ccccc1. The maximum atomic E-state index is 12.3. The van der Waals surface area contributed by atoms with Crippen molar-refractivity contribution in [1.82, 2.24) is 4.72 Å². The predicted molar refractivity (Wildman–Crippen MR) is 103 cm³/mol. The molecule has 2 rings (SSSR count). The Morgan fingerprint density at radius 1 is 1.08 bits per heavy atom. The van der Waals surface area contributed by atoms with Gasteiger partial charge in [-0.25, -0.2) is 13.1 Å². The van der Waals surface area contributed by atoms with Gasteiger partial charge in [0.2, 0.25) is 10.0 Å². The minimum absolute atomic E-state index is 0.171. The summed E-state index contributed by atoms with van der Waals surface area (Å²) in [7, 11) is -1.96. The van der Waals surface area contributed by atoms with Gasteiger partial charge in [0.1, 0.15) is 5.60 Å². The van der Waals surface area contributed by atoms with E-state index >= 15 is 0 Å². The largest absolute Gasteiger partial charge is 0.372 e. The Labute approximate surface area is 150 Å². The topological polar surface area (TPSA) is 55.4 Å². The van der Waals surface area contributed by atoms with Crippen LogP contribution in [-0.4, -0.2) is 22.1 Å². The number of aryl methyl sites for hydroxylation is 1. The Morgan fingerprint density at radius 2 is 1.72 bits per heavy atom. The van der Waals surface area contributed by atoms with Crippen LogP contribution in [0.4, 0.5) is 0 Å². The first-order valence-corrected chi connectivity index (χ1v) is 9.80. The Hall–Kier alpha value is -1.95. The molecule has 1 unspecified atom stereocenters. The van der Waals surface area contributed by atoms with E-state index in [4.69, 9.17) is 4.74 Å². The van der Waals surface area contributed by atoms with Crippen LogP contribution in [0.15, 0.2) is 60.0 Å². The molecule has 0 aliphatic rings. The third-order valence-electron chi connectivity index (χ3n) is 4.34. The van der Waals surface area contributed by atoms with Crippen LogP contribution in [0, 0.1) is 6.92 Å². The first kappa shape index (κ1) is 19.4. The molecule has 1 atom stereocenters. The molecular formula is C20H25NO3S. The lowest BCUT2D eigenvalue weighted by Crippen LogP contribution is -2.41. The zero-order valence-electron chi connectivity index (χ0n) is 14.9. The molecule has 25 heavy (non-hydrogen) atoms. The Bertz CT molecular complexity index is 793.